The number of rotatable bonds is 5. The number of nitrogens with zero attached hydrogens (tertiary/aromatic N) is 2. The van der Waals surface area contributed by atoms with Gasteiger partial charge in [0.25, 0.3) is 0 Å². The quantitative estimate of drug-likeness (QED) is 0.897. The van der Waals surface area contributed by atoms with Gasteiger partial charge in [0.05, 0.1) is 17.3 Å². The lowest BCUT2D eigenvalue weighted by Gasteiger charge is -2.09. The fourth-order valence-electron chi connectivity index (χ4n) is 2.86. The van der Waals surface area contributed by atoms with Crippen molar-refractivity contribution in [1.82, 2.24) is 9.78 Å². The Kier molecular flexibility index (Phi) is 3.80. The molecule has 0 spiro atoms. The van der Waals surface area contributed by atoms with Crippen LogP contribution in [0.4, 0.5) is 0 Å². The third-order valence-electron chi connectivity index (χ3n) is 3.85. The largest absolute Gasteiger partial charge is 0.378 e. The van der Waals surface area contributed by atoms with Crippen LogP contribution in [0.5, 0.6) is 0 Å². The van der Waals surface area contributed by atoms with Crippen molar-refractivity contribution in [2.45, 2.75) is 44.9 Å². The van der Waals surface area contributed by atoms with E-state index in [-0.39, 0.29) is 0 Å². The standard InChI is InChI=1S/C15H21N3O/c16-11-14-13-7-1-2-8-15(13)18(17-14)9-3-5-12-6-4-10-19-12/h1-2,7-8,12H,3-6,9-11,16H2. The highest BCUT2D eigenvalue weighted by atomic mass is 16.5. The number of benzene rings is 1. The molecular formula is C15H21N3O. The molecule has 1 unspecified atom stereocenters. The summed E-state index contributed by atoms with van der Waals surface area (Å²) in [6.07, 6.45) is 5.14. The highest BCUT2D eigenvalue weighted by Gasteiger charge is 2.15. The van der Waals surface area contributed by atoms with E-state index in [1.807, 2.05) is 6.07 Å². The molecule has 2 heterocycles. The van der Waals surface area contributed by atoms with Crippen LogP contribution >= 0.6 is 0 Å². The van der Waals surface area contributed by atoms with Crippen molar-refractivity contribution >= 4 is 10.9 Å². The number of nitrogens with two attached hydrogens (primary N) is 1. The maximum atomic E-state index is 5.76. The summed E-state index contributed by atoms with van der Waals surface area (Å²) >= 11 is 0. The van der Waals surface area contributed by atoms with Gasteiger partial charge in [0, 0.05) is 25.1 Å². The molecule has 1 aromatic carbocycles. The molecule has 1 aromatic heterocycles. The Labute approximate surface area is 113 Å². The monoisotopic (exact) mass is 259 g/mol. The van der Waals surface area contributed by atoms with Crippen molar-refractivity contribution in [2.24, 2.45) is 5.73 Å². The van der Waals surface area contributed by atoms with Crippen LogP contribution < -0.4 is 5.73 Å². The van der Waals surface area contributed by atoms with E-state index in [1.165, 1.54) is 23.7 Å². The summed E-state index contributed by atoms with van der Waals surface area (Å²) in [6.45, 7) is 2.38. The van der Waals surface area contributed by atoms with Gasteiger partial charge in [-0.25, -0.2) is 0 Å². The first-order chi connectivity index (χ1) is 9.38. The number of fused-ring (bicyclic) bond motifs is 1. The fraction of sp³-hybridized carbons (Fsp3) is 0.533. The lowest BCUT2D eigenvalue weighted by molar-refractivity contribution is 0.101. The second-order valence-electron chi connectivity index (χ2n) is 5.17. The topological polar surface area (TPSA) is 53.1 Å². The molecule has 1 atom stereocenters. The zero-order chi connectivity index (χ0) is 13.1. The average Bonchev–Trinajstić information content (AvgIpc) is 3.07. The molecule has 1 aliphatic rings. The predicted octanol–water partition coefficient (Wildman–Crippen LogP) is 2.45. The van der Waals surface area contributed by atoms with Crippen molar-refractivity contribution < 1.29 is 4.74 Å². The summed E-state index contributed by atoms with van der Waals surface area (Å²) in [5, 5.41) is 5.81. The molecule has 0 bridgehead atoms. The minimum atomic E-state index is 0.468. The minimum absolute atomic E-state index is 0.468. The second-order valence-corrected chi connectivity index (χ2v) is 5.17. The molecular weight excluding hydrogens is 238 g/mol. The number of ether oxygens (including phenoxy) is 1. The molecule has 0 saturated carbocycles. The Morgan fingerprint density at radius 3 is 3.05 bits per heavy atom. The molecule has 4 nitrogen and oxygen atoms in total. The van der Waals surface area contributed by atoms with Gasteiger partial charge in [0.1, 0.15) is 0 Å². The second kappa shape index (κ2) is 5.72. The highest BCUT2D eigenvalue weighted by Crippen LogP contribution is 2.20. The molecule has 2 aromatic rings. The van der Waals surface area contributed by atoms with Crippen LogP contribution in [0.1, 0.15) is 31.4 Å². The summed E-state index contributed by atoms with van der Waals surface area (Å²) in [5.41, 5.74) is 7.94. The van der Waals surface area contributed by atoms with Gasteiger partial charge in [-0.3, -0.25) is 4.68 Å². The molecule has 4 heteroatoms. The smallest absolute Gasteiger partial charge is 0.0838 e. The number of aryl methyl sites for hydroxylation is 1. The summed E-state index contributed by atoms with van der Waals surface area (Å²) in [5.74, 6) is 0. The number of aromatic nitrogens is 2. The summed E-state index contributed by atoms with van der Waals surface area (Å²) in [6, 6.07) is 8.31. The Hall–Kier alpha value is -1.39. The van der Waals surface area contributed by atoms with Crippen molar-refractivity contribution in [3.05, 3.63) is 30.0 Å². The molecule has 1 saturated heterocycles. The van der Waals surface area contributed by atoms with E-state index in [4.69, 9.17) is 10.5 Å². The number of hydrogen-bond donors (Lipinski definition) is 1. The number of para-hydroxylation sites is 1. The van der Waals surface area contributed by atoms with Crippen molar-refractivity contribution in [3.63, 3.8) is 0 Å². The van der Waals surface area contributed by atoms with Crippen LogP contribution in [0.15, 0.2) is 24.3 Å². The van der Waals surface area contributed by atoms with E-state index in [9.17, 15) is 0 Å². The van der Waals surface area contributed by atoms with E-state index >= 15 is 0 Å². The molecule has 19 heavy (non-hydrogen) atoms. The van der Waals surface area contributed by atoms with Crippen molar-refractivity contribution in [1.29, 1.82) is 0 Å². The first-order valence-corrected chi connectivity index (χ1v) is 7.14. The van der Waals surface area contributed by atoms with Crippen LogP contribution in [0.25, 0.3) is 10.9 Å². The van der Waals surface area contributed by atoms with Crippen molar-refractivity contribution in [2.75, 3.05) is 6.61 Å². The van der Waals surface area contributed by atoms with E-state index < -0.39 is 0 Å². The molecule has 1 fully saturated rings. The lowest BCUT2D eigenvalue weighted by Crippen LogP contribution is -2.08. The van der Waals surface area contributed by atoms with Gasteiger partial charge in [0.2, 0.25) is 0 Å². The zero-order valence-corrected chi connectivity index (χ0v) is 11.2. The van der Waals surface area contributed by atoms with E-state index in [0.29, 0.717) is 12.6 Å². The predicted molar refractivity (Wildman–Crippen MR) is 75.8 cm³/mol. The van der Waals surface area contributed by atoms with Gasteiger partial charge >= 0.3 is 0 Å². The Balaban J connectivity index is 1.69. The van der Waals surface area contributed by atoms with Crippen LogP contribution in [-0.4, -0.2) is 22.5 Å². The average molecular weight is 259 g/mol. The Morgan fingerprint density at radius 1 is 1.37 bits per heavy atom. The maximum Gasteiger partial charge on any atom is 0.0838 e. The van der Waals surface area contributed by atoms with Crippen LogP contribution in [0, 0.1) is 0 Å². The normalized spacial score (nSPS) is 19.3. The van der Waals surface area contributed by atoms with E-state index in [1.54, 1.807) is 0 Å². The third-order valence-corrected chi connectivity index (χ3v) is 3.85. The summed E-state index contributed by atoms with van der Waals surface area (Å²) < 4.78 is 7.74. The SMILES string of the molecule is NCc1nn(CCCC2CCCO2)c2ccccc12. The fourth-order valence-corrected chi connectivity index (χ4v) is 2.86. The molecule has 1 aliphatic heterocycles. The molecule has 0 amide bonds. The molecule has 0 aliphatic carbocycles. The van der Waals surface area contributed by atoms with Crippen LogP contribution in [0.3, 0.4) is 0 Å². The van der Waals surface area contributed by atoms with Gasteiger partial charge in [0.15, 0.2) is 0 Å². The van der Waals surface area contributed by atoms with E-state index in [0.717, 1.165) is 31.7 Å². The highest BCUT2D eigenvalue weighted by molar-refractivity contribution is 5.81. The Morgan fingerprint density at radius 2 is 2.26 bits per heavy atom. The molecule has 0 radical (unpaired) electrons. The third kappa shape index (κ3) is 2.65. The first-order valence-electron chi connectivity index (χ1n) is 7.14. The van der Waals surface area contributed by atoms with Gasteiger partial charge in [-0.05, 0) is 31.7 Å². The molecule has 3 rings (SSSR count). The lowest BCUT2D eigenvalue weighted by atomic mass is 10.1. The zero-order valence-electron chi connectivity index (χ0n) is 11.2. The molecule has 102 valence electrons. The molecule has 2 N–H and O–H groups in total. The van der Waals surface area contributed by atoms with Gasteiger partial charge < -0.3 is 10.5 Å². The van der Waals surface area contributed by atoms with E-state index in [2.05, 4.69) is 28.0 Å². The van der Waals surface area contributed by atoms with Gasteiger partial charge in [-0.1, -0.05) is 18.2 Å². The summed E-state index contributed by atoms with van der Waals surface area (Å²) in [7, 11) is 0. The van der Waals surface area contributed by atoms with Crippen LogP contribution in [0.2, 0.25) is 0 Å². The van der Waals surface area contributed by atoms with Crippen molar-refractivity contribution in [3.8, 4) is 0 Å². The number of hydrogen-bond acceptors (Lipinski definition) is 3. The minimum Gasteiger partial charge on any atom is -0.378 e. The maximum absolute atomic E-state index is 5.76. The van der Waals surface area contributed by atoms with Crippen LogP contribution in [-0.2, 0) is 17.8 Å². The Bertz CT molecular complexity index is 543. The van der Waals surface area contributed by atoms with Gasteiger partial charge in [-0.15, -0.1) is 0 Å². The summed E-state index contributed by atoms with van der Waals surface area (Å²) in [4.78, 5) is 0. The first kappa shape index (κ1) is 12.6. The van der Waals surface area contributed by atoms with Gasteiger partial charge in [-0.2, -0.15) is 5.10 Å².